The molecule has 19 heavy (non-hydrogen) atoms. The summed E-state index contributed by atoms with van der Waals surface area (Å²) in [5, 5.41) is 5.09. The second-order valence-electron chi connectivity index (χ2n) is 4.65. The van der Waals surface area contributed by atoms with Gasteiger partial charge in [0.05, 0.1) is 6.04 Å². The average Bonchev–Trinajstić information content (AvgIpc) is 2.98. The number of rotatable bonds is 3. The monoisotopic (exact) mass is 275 g/mol. The number of Topliss-reactive ketones (excluding diaryl/α,β-unsaturated/α-hetero) is 1. The van der Waals surface area contributed by atoms with Gasteiger partial charge in [-0.1, -0.05) is 36.7 Å². The number of halogens is 1. The summed E-state index contributed by atoms with van der Waals surface area (Å²) < 4.78 is 1.85. The number of hydrogen-bond donors (Lipinski definition) is 0. The molecular weight excluding hydrogens is 262 g/mol. The van der Waals surface area contributed by atoms with E-state index in [0.29, 0.717) is 12.2 Å². The van der Waals surface area contributed by atoms with E-state index < -0.39 is 0 Å². The van der Waals surface area contributed by atoms with Gasteiger partial charge < -0.3 is 0 Å². The Bertz CT molecular complexity index is 635. The summed E-state index contributed by atoms with van der Waals surface area (Å²) in [5.74, 6) is 1.19. The van der Waals surface area contributed by atoms with Crippen molar-refractivity contribution in [3.05, 3.63) is 46.5 Å². The van der Waals surface area contributed by atoms with Crippen molar-refractivity contribution in [3.8, 4) is 0 Å². The summed E-state index contributed by atoms with van der Waals surface area (Å²) in [6.45, 7) is 1.82. The van der Waals surface area contributed by atoms with Crippen molar-refractivity contribution in [1.29, 1.82) is 0 Å². The van der Waals surface area contributed by atoms with Gasteiger partial charge in [-0.05, 0) is 18.1 Å². The number of benzene rings is 1. The first-order valence-electron chi connectivity index (χ1n) is 6.43. The van der Waals surface area contributed by atoms with E-state index in [2.05, 4.69) is 10.1 Å². The molecule has 0 aliphatic carbocycles. The molecule has 1 unspecified atom stereocenters. The topological polar surface area (TPSA) is 47.8 Å². The van der Waals surface area contributed by atoms with E-state index >= 15 is 0 Å². The Morgan fingerprint density at radius 3 is 3.00 bits per heavy atom. The highest BCUT2D eigenvalue weighted by atomic mass is 35.5. The summed E-state index contributed by atoms with van der Waals surface area (Å²) in [7, 11) is 0. The minimum Gasteiger partial charge on any atom is -0.291 e. The first-order valence-corrected chi connectivity index (χ1v) is 6.81. The van der Waals surface area contributed by atoms with Crippen molar-refractivity contribution in [2.45, 2.75) is 32.2 Å². The minimum absolute atomic E-state index is 0.0141. The third kappa shape index (κ3) is 2.06. The largest absolute Gasteiger partial charge is 0.291 e. The molecule has 0 N–H and O–H groups in total. The van der Waals surface area contributed by atoms with Crippen molar-refractivity contribution < 1.29 is 4.79 Å². The maximum atomic E-state index is 11.7. The lowest BCUT2D eigenvalue weighted by Crippen LogP contribution is -2.09. The number of ketones is 1. The molecular formula is C14H14ClN3O. The molecule has 2 heterocycles. The first-order chi connectivity index (χ1) is 9.20. The molecule has 1 atom stereocenters. The molecule has 3 rings (SSSR count). The van der Waals surface area contributed by atoms with Crippen LogP contribution in [-0.4, -0.2) is 20.5 Å². The van der Waals surface area contributed by atoms with Crippen molar-refractivity contribution in [2.75, 3.05) is 0 Å². The lowest BCUT2D eigenvalue weighted by molar-refractivity contribution is 0.0977. The van der Waals surface area contributed by atoms with Crippen LogP contribution in [0.2, 0.25) is 5.02 Å². The van der Waals surface area contributed by atoms with Crippen LogP contribution < -0.4 is 0 Å². The third-order valence-electron chi connectivity index (χ3n) is 3.47. The molecule has 1 aromatic heterocycles. The van der Waals surface area contributed by atoms with E-state index in [-0.39, 0.29) is 11.8 Å². The van der Waals surface area contributed by atoms with Crippen LogP contribution in [0.5, 0.6) is 0 Å². The van der Waals surface area contributed by atoms with Gasteiger partial charge in [0.15, 0.2) is 0 Å². The van der Waals surface area contributed by atoms with Crippen LogP contribution in [-0.2, 0) is 6.42 Å². The van der Waals surface area contributed by atoms with Crippen molar-refractivity contribution in [1.82, 2.24) is 14.8 Å². The predicted molar refractivity (Wildman–Crippen MR) is 72.6 cm³/mol. The Labute approximate surface area is 116 Å². The molecule has 0 bridgehead atoms. The molecule has 0 amide bonds. The number of carbonyl (C=O) groups excluding carboxylic acids is 1. The quantitative estimate of drug-likeness (QED) is 0.809. The zero-order valence-corrected chi connectivity index (χ0v) is 11.4. The Morgan fingerprint density at radius 1 is 1.47 bits per heavy atom. The van der Waals surface area contributed by atoms with Gasteiger partial charge in [0.1, 0.15) is 5.82 Å². The van der Waals surface area contributed by atoms with Crippen LogP contribution in [0.4, 0.5) is 0 Å². The molecule has 1 aliphatic rings. The van der Waals surface area contributed by atoms with Gasteiger partial charge in [-0.3, -0.25) is 4.79 Å². The Kier molecular flexibility index (Phi) is 3.11. The van der Waals surface area contributed by atoms with E-state index in [9.17, 15) is 4.79 Å². The van der Waals surface area contributed by atoms with Gasteiger partial charge in [0.2, 0.25) is 11.6 Å². The third-order valence-corrected chi connectivity index (χ3v) is 3.82. The number of aryl methyl sites for hydroxylation is 1. The highest BCUT2D eigenvalue weighted by molar-refractivity contribution is 6.31. The van der Waals surface area contributed by atoms with Crippen molar-refractivity contribution in [3.63, 3.8) is 0 Å². The van der Waals surface area contributed by atoms with Gasteiger partial charge in [-0.15, -0.1) is 5.10 Å². The Hall–Kier alpha value is -1.68. The summed E-state index contributed by atoms with van der Waals surface area (Å²) in [4.78, 5) is 16.0. The van der Waals surface area contributed by atoms with E-state index in [4.69, 9.17) is 11.6 Å². The minimum atomic E-state index is -0.0141. The van der Waals surface area contributed by atoms with Crippen LogP contribution in [0.25, 0.3) is 0 Å². The standard InChI is InChI=1S/C14H14ClN3O/c1-2-12(19)14-16-13-8-7-11(18(13)17-14)9-5-3-4-6-10(9)15/h3-6,11H,2,7-8H2,1H3. The molecule has 0 saturated heterocycles. The normalized spacial score (nSPS) is 17.5. The predicted octanol–water partition coefficient (Wildman–Crippen LogP) is 3.06. The van der Waals surface area contributed by atoms with Gasteiger partial charge in [-0.2, -0.15) is 0 Å². The first kappa shape index (κ1) is 12.4. The van der Waals surface area contributed by atoms with Gasteiger partial charge >= 0.3 is 0 Å². The summed E-state index contributed by atoms with van der Waals surface area (Å²) in [6.07, 6.45) is 2.19. The molecule has 5 heteroatoms. The van der Waals surface area contributed by atoms with Crippen molar-refractivity contribution in [2.24, 2.45) is 0 Å². The lowest BCUT2D eigenvalue weighted by atomic mass is 10.1. The molecule has 1 aliphatic heterocycles. The Morgan fingerprint density at radius 2 is 2.26 bits per heavy atom. The number of fused-ring (bicyclic) bond motifs is 1. The molecule has 1 aromatic carbocycles. The molecule has 2 aromatic rings. The number of carbonyl (C=O) groups is 1. The zero-order chi connectivity index (χ0) is 13.4. The fourth-order valence-electron chi connectivity index (χ4n) is 2.47. The van der Waals surface area contributed by atoms with E-state index in [1.54, 1.807) is 0 Å². The van der Waals surface area contributed by atoms with Crippen LogP contribution in [0.1, 0.15) is 47.8 Å². The van der Waals surface area contributed by atoms with Crippen LogP contribution >= 0.6 is 11.6 Å². The SMILES string of the molecule is CCC(=O)c1nc2n(n1)C(c1ccccc1Cl)CC2. The average molecular weight is 276 g/mol. The highest BCUT2D eigenvalue weighted by Crippen LogP contribution is 2.34. The fraction of sp³-hybridized carbons (Fsp3) is 0.357. The number of nitrogens with zero attached hydrogens (tertiary/aromatic N) is 3. The summed E-state index contributed by atoms with van der Waals surface area (Å²) >= 11 is 6.24. The number of hydrogen-bond acceptors (Lipinski definition) is 3. The summed E-state index contributed by atoms with van der Waals surface area (Å²) in [5.41, 5.74) is 1.04. The van der Waals surface area contributed by atoms with Crippen molar-refractivity contribution >= 4 is 17.4 Å². The molecule has 0 spiro atoms. The van der Waals surface area contributed by atoms with Gasteiger partial charge in [-0.25, -0.2) is 9.67 Å². The van der Waals surface area contributed by atoms with Crippen LogP contribution in [0.15, 0.2) is 24.3 Å². The van der Waals surface area contributed by atoms with Gasteiger partial charge in [0, 0.05) is 17.9 Å². The molecule has 4 nitrogen and oxygen atoms in total. The van der Waals surface area contributed by atoms with Gasteiger partial charge in [0.25, 0.3) is 0 Å². The second-order valence-corrected chi connectivity index (χ2v) is 5.06. The molecule has 98 valence electrons. The fourth-order valence-corrected chi connectivity index (χ4v) is 2.73. The smallest absolute Gasteiger partial charge is 0.217 e. The maximum Gasteiger partial charge on any atom is 0.217 e. The number of aromatic nitrogens is 3. The molecule has 0 radical (unpaired) electrons. The zero-order valence-electron chi connectivity index (χ0n) is 10.6. The maximum absolute atomic E-state index is 11.7. The lowest BCUT2D eigenvalue weighted by Gasteiger charge is -2.13. The van der Waals surface area contributed by atoms with E-state index in [1.807, 2.05) is 35.9 Å². The van der Waals surface area contributed by atoms with Crippen LogP contribution in [0, 0.1) is 0 Å². The second kappa shape index (κ2) is 4.78. The molecule has 0 saturated carbocycles. The van der Waals surface area contributed by atoms with E-state index in [0.717, 1.165) is 29.3 Å². The van der Waals surface area contributed by atoms with E-state index in [1.165, 1.54) is 0 Å². The highest BCUT2D eigenvalue weighted by Gasteiger charge is 2.29. The molecule has 0 fully saturated rings. The van der Waals surface area contributed by atoms with Crippen LogP contribution in [0.3, 0.4) is 0 Å². The Balaban J connectivity index is 2.00. The summed E-state index contributed by atoms with van der Waals surface area (Å²) in [6, 6.07) is 7.85.